The summed E-state index contributed by atoms with van der Waals surface area (Å²) in [6.07, 6.45) is 5.05. The molecule has 1 aromatic heterocycles. The summed E-state index contributed by atoms with van der Waals surface area (Å²) in [5, 5.41) is 3.29. The number of nitrogens with zero attached hydrogens (tertiary/aromatic N) is 3. The van der Waals surface area contributed by atoms with E-state index in [0.29, 0.717) is 24.4 Å². The lowest BCUT2D eigenvalue weighted by Crippen LogP contribution is -2.40. The van der Waals surface area contributed by atoms with Gasteiger partial charge in [-0.2, -0.15) is 4.31 Å². The van der Waals surface area contributed by atoms with Gasteiger partial charge in [-0.25, -0.2) is 22.8 Å². The molecule has 0 radical (unpaired) electrons. The monoisotopic (exact) mass is 390 g/mol. The summed E-state index contributed by atoms with van der Waals surface area (Å²) < 4.78 is 41.6. The van der Waals surface area contributed by atoms with E-state index in [1.165, 1.54) is 22.5 Å². The maximum Gasteiger partial charge on any atom is 0.244 e. The van der Waals surface area contributed by atoms with Crippen molar-refractivity contribution in [2.24, 2.45) is 0 Å². The second kappa shape index (κ2) is 7.26. The van der Waals surface area contributed by atoms with Crippen LogP contribution in [0.4, 0.5) is 4.39 Å². The van der Waals surface area contributed by atoms with Crippen molar-refractivity contribution in [1.29, 1.82) is 0 Å². The molecule has 0 spiro atoms. The molecule has 2 aromatic rings. The van der Waals surface area contributed by atoms with E-state index >= 15 is 0 Å². The zero-order chi connectivity index (χ0) is 19.0. The van der Waals surface area contributed by atoms with Gasteiger partial charge in [-0.3, -0.25) is 0 Å². The molecule has 27 heavy (non-hydrogen) atoms. The van der Waals surface area contributed by atoms with E-state index in [4.69, 9.17) is 4.98 Å². The molecule has 2 aliphatic heterocycles. The summed E-state index contributed by atoms with van der Waals surface area (Å²) in [6.45, 7) is 3.66. The van der Waals surface area contributed by atoms with Crippen molar-refractivity contribution in [3.05, 3.63) is 52.9 Å². The minimum atomic E-state index is -3.75. The van der Waals surface area contributed by atoms with Crippen LogP contribution in [0.15, 0.2) is 29.3 Å². The average Bonchev–Trinajstić information content (AvgIpc) is 2.67. The fourth-order valence-electron chi connectivity index (χ4n) is 3.89. The molecule has 0 amide bonds. The summed E-state index contributed by atoms with van der Waals surface area (Å²) in [5.74, 6) is 0.131. The van der Waals surface area contributed by atoms with Crippen LogP contribution in [0.1, 0.15) is 47.9 Å². The van der Waals surface area contributed by atoms with Gasteiger partial charge < -0.3 is 5.32 Å². The van der Waals surface area contributed by atoms with E-state index in [-0.39, 0.29) is 10.9 Å². The first-order valence-corrected chi connectivity index (χ1v) is 10.7. The summed E-state index contributed by atoms with van der Waals surface area (Å²) in [4.78, 5) is 9.36. The summed E-state index contributed by atoms with van der Waals surface area (Å²) >= 11 is 0. The fourth-order valence-corrected chi connectivity index (χ4v) is 5.75. The van der Waals surface area contributed by atoms with Crippen molar-refractivity contribution in [3.8, 4) is 0 Å². The number of nitrogens with one attached hydrogen (secondary N) is 1. The number of aromatic nitrogens is 2. The van der Waals surface area contributed by atoms with E-state index in [1.807, 2.05) is 6.20 Å². The third-order valence-corrected chi connectivity index (χ3v) is 7.37. The van der Waals surface area contributed by atoms with Gasteiger partial charge in [0.05, 0.1) is 10.9 Å². The van der Waals surface area contributed by atoms with Crippen molar-refractivity contribution >= 4 is 10.0 Å². The van der Waals surface area contributed by atoms with Gasteiger partial charge in [-0.15, -0.1) is 0 Å². The molecule has 1 atom stereocenters. The van der Waals surface area contributed by atoms with Gasteiger partial charge in [0.2, 0.25) is 10.0 Å². The Balaban J connectivity index is 1.72. The minimum Gasteiger partial charge on any atom is -0.312 e. The van der Waals surface area contributed by atoms with Crippen LogP contribution in [0.5, 0.6) is 0 Å². The zero-order valence-corrected chi connectivity index (χ0v) is 16.1. The number of fused-ring (bicyclic) bond motifs is 1. The number of aryl methyl sites for hydroxylation is 1. The van der Waals surface area contributed by atoms with E-state index in [0.717, 1.165) is 43.6 Å². The van der Waals surface area contributed by atoms with E-state index in [9.17, 15) is 12.8 Å². The van der Waals surface area contributed by atoms with E-state index < -0.39 is 15.8 Å². The fraction of sp³-hybridized carbons (Fsp3) is 0.474. The molecule has 0 saturated carbocycles. The van der Waals surface area contributed by atoms with Crippen LogP contribution in [0.3, 0.4) is 0 Å². The Morgan fingerprint density at radius 1 is 1.30 bits per heavy atom. The SMILES string of the molecule is Cc1cc(F)ccc1S(=O)(=O)N1CCCC[C@H]1c1ncc2c(n1)CCNC2. The Labute approximate surface area is 158 Å². The zero-order valence-electron chi connectivity index (χ0n) is 15.3. The molecule has 6 nitrogen and oxygen atoms in total. The molecule has 0 aliphatic carbocycles. The highest BCUT2D eigenvalue weighted by molar-refractivity contribution is 7.89. The van der Waals surface area contributed by atoms with Gasteiger partial charge >= 0.3 is 0 Å². The highest BCUT2D eigenvalue weighted by atomic mass is 32.2. The lowest BCUT2D eigenvalue weighted by atomic mass is 10.0. The van der Waals surface area contributed by atoms with Crippen LogP contribution in [-0.4, -0.2) is 35.8 Å². The molecular weight excluding hydrogens is 367 g/mol. The molecule has 2 aliphatic rings. The van der Waals surface area contributed by atoms with Gasteiger partial charge in [-0.05, 0) is 43.5 Å². The second-order valence-electron chi connectivity index (χ2n) is 7.16. The third kappa shape index (κ3) is 3.49. The molecule has 144 valence electrons. The number of halogens is 1. The smallest absolute Gasteiger partial charge is 0.244 e. The van der Waals surface area contributed by atoms with Crippen LogP contribution in [-0.2, 0) is 23.0 Å². The first kappa shape index (κ1) is 18.5. The molecule has 1 N–H and O–H groups in total. The first-order valence-electron chi connectivity index (χ1n) is 9.30. The molecule has 1 fully saturated rings. The number of rotatable bonds is 3. The van der Waals surface area contributed by atoms with Crippen molar-refractivity contribution in [3.63, 3.8) is 0 Å². The molecule has 0 bridgehead atoms. The van der Waals surface area contributed by atoms with Crippen molar-refractivity contribution in [2.75, 3.05) is 13.1 Å². The molecule has 8 heteroatoms. The maximum absolute atomic E-state index is 13.4. The number of hydrogen-bond donors (Lipinski definition) is 1. The van der Waals surface area contributed by atoms with Crippen molar-refractivity contribution < 1.29 is 12.8 Å². The lowest BCUT2D eigenvalue weighted by Gasteiger charge is -2.34. The highest BCUT2D eigenvalue weighted by Gasteiger charge is 2.37. The normalized spacial score (nSPS) is 21.0. The number of hydrogen-bond acceptors (Lipinski definition) is 5. The maximum atomic E-state index is 13.4. The lowest BCUT2D eigenvalue weighted by molar-refractivity contribution is 0.245. The average molecular weight is 390 g/mol. The van der Waals surface area contributed by atoms with Crippen LogP contribution in [0, 0.1) is 12.7 Å². The standard InChI is InChI=1S/C19H23FN4O2S/c1-13-10-15(20)5-6-18(13)27(25,26)24-9-3-2-4-17(24)19-22-12-14-11-21-8-7-16(14)23-19/h5-6,10,12,17,21H,2-4,7-9,11H2,1H3/t17-/m0/s1. The molecule has 1 saturated heterocycles. The predicted molar refractivity (Wildman–Crippen MR) is 99.1 cm³/mol. The third-order valence-electron chi connectivity index (χ3n) is 5.30. The topological polar surface area (TPSA) is 75.2 Å². The van der Waals surface area contributed by atoms with Crippen LogP contribution >= 0.6 is 0 Å². The van der Waals surface area contributed by atoms with Crippen molar-refractivity contribution in [1.82, 2.24) is 19.6 Å². The minimum absolute atomic E-state index is 0.151. The van der Waals surface area contributed by atoms with E-state index in [1.54, 1.807) is 6.92 Å². The van der Waals surface area contributed by atoms with Crippen LogP contribution < -0.4 is 5.32 Å². The first-order chi connectivity index (χ1) is 13.0. The molecule has 1 aromatic carbocycles. The quantitative estimate of drug-likeness (QED) is 0.872. The van der Waals surface area contributed by atoms with Gasteiger partial charge in [0.15, 0.2) is 0 Å². The van der Waals surface area contributed by atoms with E-state index in [2.05, 4.69) is 10.3 Å². The Bertz CT molecular complexity index is 964. The van der Waals surface area contributed by atoms with Gasteiger partial charge in [0.25, 0.3) is 0 Å². The van der Waals surface area contributed by atoms with Gasteiger partial charge in [-0.1, -0.05) is 6.42 Å². The van der Waals surface area contributed by atoms with Gasteiger partial charge in [0, 0.05) is 43.5 Å². The summed E-state index contributed by atoms with van der Waals surface area (Å²) in [7, 11) is -3.75. The highest BCUT2D eigenvalue weighted by Crippen LogP contribution is 2.35. The Hall–Kier alpha value is -1.90. The molecular formula is C19H23FN4O2S. The van der Waals surface area contributed by atoms with Crippen molar-refractivity contribution in [2.45, 2.75) is 50.1 Å². The molecule has 4 rings (SSSR count). The summed E-state index contributed by atoms with van der Waals surface area (Å²) in [6, 6.07) is 3.42. The Morgan fingerprint density at radius 3 is 2.96 bits per heavy atom. The van der Waals surface area contributed by atoms with Crippen LogP contribution in [0.25, 0.3) is 0 Å². The van der Waals surface area contributed by atoms with Crippen LogP contribution in [0.2, 0.25) is 0 Å². The molecule has 0 unspecified atom stereocenters. The largest absolute Gasteiger partial charge is 0.312 e. The van der Waals surface area contributed by atoms with Gasteiger partial charge in [0.1, 0.15) is 11.6 Å². The predicted octanol–water partition coefficient (Wildman–Crippen LogP) is 2.49. The molecule has 3 heterocycles. The number of benzene rings is 1. The number of sulfonamides is 1. The Kier molecular flexibility index (Phi) is 4.96. The Morgan fingerprint density at radius 2 is 2.15 bits per heavy atom. The summed E-state index contributed by atoms with van der Waals surface area (Å²) in [5.41, 5.74) is 2.49. The number of piperidine rings is 1. The second-order valence-corrected chi connectivity index (χ2v) is 9.02.